The predicted octanol–water partition coefficient (Wildman–Crippen LogP) is 6.88. The molecule has 0 spiro atoms. The van der Waals surface area contributed by atoms with Gasteiger partial charge in [0.2, 0.25) is 5.91 Å². The number of benzene rings is 4. The van der Waals surface area contributed by atoms with E-state index in [9.17, 15) is 43.5 Å². The summed E-state index contributed by atoms with van der Waals surface area (Å²) in [5, 5.41) is 17.4. The Morgan fingerprint density at radius 1 is 0.571 bits per heavy atom. The highest BCUT2D eigenvalue weighted by Gasteiger charge is 2.43. The van der Waals surface area contributed by atoms with Gasteiger partial charge in [0.25, 0.3) is 0 Å². The van der Waals surface area contributed by atoms with Crippen LogP contribution in [0.25, 0.3) is 0 Å². The Labute approximate surface area is 446 Å². The zero-order chi connectivity index (χ0) is 57.0. The smallest absolute Gasteiger partial charge is 0.410 e. The maximum atomic E-state index is 13.4. The number of nitrogens with two attached hydrogens (primary N) is 1. The number of rotatable bonds is 13. The molecule has 2 saturated heterocycles. The summed E-state index contributed by atoms with van der Waals surface area (Å²) in [6.45, 7) is 10.6. The number of amides is 5. The largest absolute Gasteiger partial charge is 0.497 e. The fourth-order valence-electron chi connectivity index (χ4n) is 7.43. The summed E-state index contributed by atoms with van der Waals surface area (Å²) in [6.07, 6.45) is -2.66. The number of methoxy groups -OCH3 is 4. The summed E-state index contributed by atoms with van der Waals surface area (Å²) in [6, 6.07) is 26.0. The van der Waals surface area contributed by atoms with E-state index in [0.29, 0.717) is 22.7 Å². The minimum absolute atomic E-state index is 0.00178. The number of nitrogens with zero attached hydrogens (tertiary/aromatic N) is 2. The number of carboxylic acid groups (broad SMARTS) is 1. The van der Waals surface area contributed by atoms with Gasteiger partial charge < -0.3 is 74.5 Å². The summed E-state index contributed by atoms with van der Waals surface area (Å²) in [5.74, 6) is -3.48. The molecule has 6 N–H and O–H groups in total. The number of alkyl carbamates (subject to hydrolysis) is 2. The van der Waals surface area contributed by atoms with Crippen LogP contribution >= 0.6 is 0 Å². The van der Waals surface area contributed by atoms with Gasteiger partial charge in [0.15, 0.2) is 0 Å². The lowest BCUT2D eigenvalue weighted by molar-refractivity contribution is -0.141. The van der Waals surface area contributed by atoms with Gasteiger partial charge in [-0.3, -0.25) is 9.59 Å². The molecule has 2 heterocycles. The van der Waals surface area contributed by atoms with Crippen molar-refractivity contribution >= 4 is 59.6 Å². The molecule has 4 atom stereocenters. The quantitative estimate of drug-likeness (QED) is 0.0518. The Morgan fingerprint density at radius 3 is 1.40 bits per heavy atom. The first-order valence-corrected chi connectivity index (χ1v) is 24.1. The first kappa shape index (κ1) is 60.8. The summed E-state index contributed by atoms with van der Waals surface area (Å²) in [5.41, 5.74) is 7.07. The molecule has 0 saturated carbocycles. The molecule has 0 bridgehead atoms. The van der Waals surface area contributed by atoms with Crippen molar-refractivity contribution in [2.45, 2.75) is 78.0 Å². The molecule has 6 rings (SSSR count). The highest BCUT2D eigenvalue weighted by atomic mass is 16.6. The third-order valence-electron chi connectivity index (χ3n) is 11.0. The molecule has 5 amide bonds. The number of anilines is 2. The molecule has 0 radical (unpaired) electrons. The van der Waals surface area contributed by atoms with Crippen molar-refractivity contribution in [2.24, 2.45) is 11.8 Å². The number of carboxylic acids is 1. The number of hydrogen-bond donors (Lipinski definition) is 5. The van der Waals surface area contributed by atoms with Crippen LogP contribution in [-0.4, -0.2) is 141 Å². The molecular formula is C54H68N6O17. The molecule has 77 heavy (non-hydrogen) atoms. The van der Waals surface area contributed by atoms with Crippen LogP contribution in [0, 0.1) is 11.8 Å². The lowest BCUT2D eigenvalue weighted by Gasteiger charge is -2.24. The van der Waals surface area contributed by atoms with Crippen molar-refractivity contribution in [2.75, 3.05) is 65.7 Å². The SMILES string of the molecule is CC(C)(C)OC(=O)N1CC(NC(=O)OCc2ccccc2)C(C(=O)O)C1.COC(=O)c1cc(N)cc(OC)c1.COC(=O)c1cc(NC(=O)C2CN(C(=O)OC(C)(C)C)CC2NC(=O)OCc2ccccc2)cc(OC)c1. The highest BCUT2D eigenvalue weighted by Crippen LogP contribution is 2.27. The lowest BCUT2D eigenvalue weighted by atomic mass is 10.0. The van der Waals surface area contributed by atoms with Crippen LogP contribution in [-0.2, 0) is 51.2 Å². The first-order valence-electron chi connectivity index (χ1n) is 24.1. The number of likely N-dealkylation sites (tertiary alicyclic amines) is 2. The predicted molar refractivity (Wildman–Crippen MR) is 279 cm³/mol. The fraction of sp³-hybridized carbons (Fsp3) is 0.407. The van der Waals surface area contributed by atoms with Gasteiger partial charge in [0.1, 0.15) is 35.9 Å². The minimum Gasteiger partial charge on any atom is -0.497 e. The van der Waals surface area contributed by atoms with Crippen LogP contribution in [0.3, 0.4) is 0 Å². The van der Waals surface area contributed by atoms with Crippen LogP contribution in [0.15, 0.2) is 97.1 Å². The number of carbonyl (C=O) groups excluding carboxylic acids is 7. The molecular weight excluding hydrogens is 1000 g/mol. The Kier molecular flexibility index (Phi) is 22.3. The van der Waals surface area contributed by atoms with Gasteiger partial charge in [-0.2, -0.15) is 0 Å². The maximum Gasteiger partial charge on any atom is 0.410 e. The number of nitrogen functional groups attached to an aromatic ring is 1. The number of aliphatic carboxylic acids is 1. The molecule has 2 aliphatic rings. The van der Waals surface area contributed by atoms with E-state index in [4.69, 9.17) is 38.9 Å². The van der Waals surface area contributed by atoms with Crippen molar-refractivity contribution in [3.63, 3.8) is 0 Å². The van der Waals surface area contributed by atoms with Gasteiger partial charge in [-0.15, -0.1) is 0 Å². The van der Waals surface area contributed by atoms with Crippen LogP contribution in [0.1, 0.15) is 73.4 Å². The van der Waals surface area contributed by atoms with Gasteiger partial charge in [0, 0.05) is 49.7 Å². The molecule has 416 valence electrons. The minimum atomic E-state index is -1.09. The summed E-state index contributed by atoms with van der Waals surface area (Å²) in [4.78, 5) is 100. The Hall–Kier alpha value is -8.76. The first-order chi connectivity index (χ1) is 36.3. The van der Waals surface area contributed by atoms with Crippen LogP contribution in [0.4, 0.5) is 30.6 Å². The topological polar surface area (TPSA) is 299 Å². The van der Waals surface area contributed by atoms with Crippen LogP contribution in [0.5, 0.6) is 11.5 Å². The zero-order valence-corrected chi connectivity index (χ0v) is 44.7. The highest BCUT2D eigenvalue weighted by molar-refractivity contribution is 5.97. The van der Waals surface area contributed by atoms with Gasteiger partial charge >= 0.3 is 42.3 Å². The third-order valence-corrected chi connectivity index (χ3v) is 11.0. The molecule has 23 nitrogen and oxygen atoms in total. The van der Waals surface area contributed by atoms with Crippen LogP contribution in [0.2, 0.25) is 0 Å². The van der Waals surface area contributed by atoms with Crippen molar-refractivity contribution < 1.29 is 81.4 Å². The van der Waals surface area contributed by atoms with E-state index in [1.165, 1.54) is 56.4 Å². The van der Waals surface area contributed by atoms with Crippen molar-refractivity contribution in [3.8, 4) is 11.5 Å². The molecule has 2 aliphatic heterocycles. The number of nitrogens with one attached hydrogen (secondary N) is 3. The molecule has 0 aromatic heterocycles. The van der Waals surface area contributed by atoms with E-state index < -0.39 is 83.3 Å². The number of hydrogen-bond acceptors (Lipinski definition) is 17. The van der Waals surface area contributed by atoms with E-state index in [1.54, 1.807) is 59.7 Å². The Bertz CT molecular complexity index is 2680. The number of ether oxygens (including phenoxy) is 8. The molecule has 4 unspecified atom stereocenters. The van der Waals surface area contributed by atoms with Gasteiger partial charge in [-0.25, -0.2) is 28.8 Å². The second-order valence-corrected chi connectivity index (χ2v) is 19.4. The normalized spacial score (nSPS) is 16.5. The number of carbonyl (C=O) groups is 8. The summed E-state index contributed by atoms with van der Waals surface area (Å²) >= 11 is 0. The lowest BCUT2D eigenvalue weighted by Crippen LogP contribution is -2.44. The van der Waals surface area contributed by atoms with E-state index in [2.05, 4.69) is 20.7 Å². The molecule has 4 aromatic carbocycles. The van der Waals surface area contributed by atoms with E-state index in [-0.39, 0.29) is 50.6 Å². The summed E-state index contributed by atoms with van der Waals surface area (Å²) < 4.78 is 40.6. The van der Waals surface area contributed by atoms with Gasteiger partial charge in [0.05, 0.1) is 63.5 Å². The fourth-order valence-corrected chi connectivity index (χ4v) is 7.43. The van der Waals surface area contributed by atoms with Gasteiger partial charge in [-0.1, -0.05) is 60.7 Å². The molecule has 0 aliphatic carbocycles. The van der Waals surface area contributed by atoms with Gasteiger partial charge in [-0.05, 0) is 76.9 Å². The molecule has 2 fully saturated rings. The molecule has 23 heteroatoms. The van der Waals surface area contributed by atoms with E-state index in [1.807, 2.05) is 60.7 Å². The van der Waals surface area contributed by atoms with E-state index in [0.717, 1.165) is 11.1 Å². The van der Waals surface area contributed by atoms with E-state index >= 15 is 0 Å². The third kappa shape index (κ3) is 20.1. The van der Waals surface area contributed by atoms with Crippen molar-refractivity contribution in [3.05, 3.63) is 119 Å². The zero-order valence-electron chi connectivity index (χ0n) is 44.7. The second kappa shape index (κ2) is 28.2. The van der Waals surface area contributed by atoms with Crippen LogP contribution < -0.4 is 31.2 Å². The average molecular weight is 1070 g/mol. The Morgan fingerprint density at radius 2 is 0.987 bits per heavy atom. The Balaban J connectivity index is 0.000000281. The maximum absolute atomic E-state index is 13.4. The summed E-state index contributed by atoms with van der Waals surface area (Å²) in [7, 11) is 5.50. The number of esters is 2. The standard InChI is InChI=1S/C27H33N3O8.C18H24N2O6.C9H11NO3/c1-27(2,3)38-26(34)30-14-21(22(15-30)29-25(33)37-16-17-9-7-6-8-10-17)23(31)28-19-11-18(24(32)36-5)12-20(13-19)35-4;1-18(2,3)26-17(24)20-9-13(15(21)22)14(10-20)19-16(23)25-11-12-7-5-4-6-8-12;1-12-8-4-6(9(11)13-2)3-7(10)5-8/h6-13,21-22H,14-16H2,1-5H3,(H,28,31)(H,29,33);4-8,13-14H,9-11H2,1-3H3,(H,19,23)(H,21,22);3-5H,10H2,1-2H3. The van der Waals surface area contributed by atoms with Crippen molar-refractivity contribution in [1.82, 2.24) is 20.4 Å². The second-order valence-electron chi connectivity index (χ2n) is 19.4. The molecule has 4 aromatic rings. The average Bonchev–Trinajstić information content (AvgIpc) is 4.02. The van der Waals surface area contributed by atoms with Crippen molar-refractivity contribution in [1.29, 1.82) is 0 Å². The monoisotopic (exact) mass is 1070 g/mol.